The molecule has 1 atom stereocenters. The van der Waals surface area contributed by atoms with E-state index in [0.717, 1.165) is 12.1 Å². The fourth-order valence-corrected chi connectivity index (χ4v) is 1.81. The molecule has 2 rings (SSSR count). The first-order chi connectivity index (χ1) is 6.68. The Morgan fingerprint density at radius 2 is 2.36 bits per heavy atom. The number of hydrogen-bond donors (Lipinski definition) is 2. The number of aromatic amines is 1. The lowest BCUT2D eigenvalue weighted by molar-refractivity contribution is 0.741. The zero-order chi connectivity index (χ0) is 10.1. The molecule has 3 heteroatoms. The molecular formula is C11H15N3. The van der Waals surface area contributed by atoms with Crippen molar-refractivity contribution in [3.8, 4) is 0 Å². The Balaban J connectivity index is 2.55. The third kappa shape index (κ3) is 1.51. The summed E-state index contributed by atoms with van der Waals surface area (Å²) in [5.41, 5.74) is 9.27. The third-order valence-corrected chi connectivity index (χ3v) is 2.41. The summed E-state index contributed by atoms with van der Waals surface area (Å²) < 4.78 is 0. The quantitative estimate of drug-likeness (QED) is 0.756. The van der Waals surface area contributed by atoms with Crippen LogP contribution in [-0.2, 0) is 6.42 Å². The number of rotatable bonds is 2. The average molecular weight is 189 g/mol. The first kappa shape index (κ1) is 9.21. The molecule has 0 bridgehead atoms. The molecule has 0 spiro atoms. The summed E-state index contributed by atoms with van der Waals surface area (Å²) in [6.45, 7) is 4.12. The Morgan fingerprint density at radius 1 is 1.57 bits per heavy atom. The van der Waals surface area contributed by atoms with Crippen LogP contribution in [0.4, 0.5) is 0 Å². The standard InChI is InChI=1S/C11H15N3/c1-7-3-4-13-11-10(7)9(6-14-11)5-8(2)12/h3-4,6,8H,5,12H2,1-2H3,(H,13,14). The number of H-pyrrole nitrogens is 1. The highest BCUT2D eigenvalue weighted by molar-refractivity contribution is 5.83. The summed E-state index contributed by atoms with van der Waals surface area (Å²) in [5.74, 6) is 0. The van der Waals surface area contributed by atoms with Crippen molar-refractivity contribution in [3.63, 3.8) is 0 Å². The van der Waals surface area contributed by atoms with Gasteiger partial charge in [-0.25, -0.2) is 4.98 Å². The molecule has 0 saturated carbocycles. The Hall–Kier alpha value is -1.35. The Labute approximate surface area is 83.3 Å². The lowest BCUT2D eigenvalue weighted by atomic mass is 10.1. The van der Waals surface area contributed by atoms with Gasteiger partial charge in [0.2, 0.25) is 0 Å². The fourth-order valence-electron chi connectivity index (χ4n) is 1.81. The van der Waals surface area contributed by atoms with Crippen LogP contribution in [0.2, 0.25) is 0 Å². The molecule has 2 heterocycles. The summed E-state index contributed by atoms with van der Waals surface area (Å²) in [4.78, 5) is 7.44. The van der Waals surface area contributed by atoms with Gasteiger partial charge >= 0.3 is 0 Å². The van der Waals surface area contributed by atoms with Gasteiger partial charge in [0.1, 0.15) is 5.65 Å². The van der Waals surface area contributed by atoms with E-state index in [1.807, 2.05) is 25.4 Å². The van der Waals surface area contributed by atoms with Gasteiger partial charge in [0.15, 0.2) is 0 Å². The zero-order valence-electron chi connectivity index (χ0n) is 8.54. The summed E-state index contributed by atoms with van der Waals surface area (Å²) in [6, 6.07) is 2.22. The van der Waals surface area contributed by atoms with E-state index in [0.29, 0.717) is 0 Å². The van der Waals surface area contributed by atoms with Crippen LogP contribution in [-0.4, -0.2) is 16.0 Å². The van der Waals surface area contributed by atoms with Crippen molar-refractivity contribution >= 4 is 11.0 Å². The molecular weight excluding hydrogens is 174 g/mol. The van der Waals surface area contributed by atoms with Crippen LogP contribution in [0.5, 0.6) is 0 Å². The molecule has 0 saturated heterocycles. The number of aryl methyl sites for hydroxylation is 1. The fraction of sp³-hybridized carbons (Fsp3) is 0.364. The van der Waals surface area contributed by atoms with Crippen LogP contribution in [0, 0.1) is 6.92 Å². The maximum absolute atomic E-state index is 5.79. The molecule has 0 aromatic carbocycles. The molecule has 0 aliphatic heterocycles. The molecule has 0 aliphatic rings. The Bertz CT molecular complexity index is 443. The molecule has 74 valence electrons. The van der Waals surface area contributed by atoms with E-state index < -0.39 is 0 Å². The second-order valence-electron chi connectivity index (χ2n) is 3.85. The van der Waals surface area contributed by atoms with Crippen LogP contribution in [0.25, 0.3) is 11.0 Å². The molecule has 2 aromatic rings. The van der Waals surface area contributed by atoms with E-state index in [4.69, 9.17) is 5.73 Å². The highest BCUT2D eigenvalue weighted by Gasteiger charge is 2.08. The molecule has 1 unspecified atom stereocenters. The second-order valence-corrected chi connectivity index (χ2v) is 3.85. The number of nitrogens with two attached hydrogens (primary N) is 1. The largest absolute Gasteiger partial charge is 0.346 e. The van der Waals surface area contributed by atoms with Gasteiger partial charge < -0.3 is 10.7 Å². The smallest absolute Gasteiger partial charge is 0.137 e. The molecule has 3 nitrogen and oxygen atoms in total. The van der Waals surface area contributed by atoms with Crippen molar-refractivity contribution in [2.45, 2.75) is 26.3 Å². The molecule has 14 heavy (non-hydrogen) atoms. The number of nitrogens with one attached hydrogen (secondary N) is 1. The van der Waals surface area contributed by atoms with Crippen molar-refractivity contribution in [2.75, 3.05) is 0 Å². The van der Waals surface area contributed by atoms with Crippen LogP contribution < -0.4 is 5.73 Å². The van der Waals surface area contributed by atoms with Crippen molar-refractivity contribution < 1.29 is 0 Å². The van der Waals surface area contributed by atoms with Gasteiger partial charge in [-0.05, 0) is 37.5 Å². The second kappa shape index (κ2) is 3.42. The number of pyridine rings is 1. The SMILES string of the molecule is Cc1ccnc2[nH]cc(CC(C)N)c12. The zero-order valence-corrected chi connectivity index (χ0v) is 8.54. The van der Waals surface area contributed by atoms with Crippen molar-refractivity contribution in [1.29, 1.82) is 0 Å². The van der Waals surface area contributed by atoms with Gasteiger partial charge in [-0.15, -0.1) is 0 Å². The summed E-state index contributed by atoms with van der Waals surface area (Å²) in [6.07, 6.45) is 4.73. The number of nitrogens with zero attached hydrogens (tertiary/aromatic N) is 1. The van der Waals surface area contributed by atoms with E-state index in [1.54, 1.807) is 0 Å². The van der Waals surface area contributed by atoms with Crippen molar-refractivity contribution in [2.24, 2.45) is 5.73 Å². The lowest BCUT2D eigenvalue weighted by Crippen LogP contribution is -2.17. The van der Waals surface area contributed by atoms with Gasteiger partial charge in [-0.3, -0.25) is 0 Å². The van der Waals surface area contributed by atoms with Crippen LogP contribution in [0.15, 0.2) is 18.5 Å². The van der Waals surface area contributed by atoms with E-state index in [2.05, 4.69) is 16.9 Å². The van der Waals surface area contributed by atoms with Gasteiger partial charge in [-0.1, -0.05) is 0 Å². The molecule has 3 N–H and O–H groups in total. The molecule has 0 amide bonds. The van der Waals surface area contributed by atoms with E-state index in [9.17, 15) is 0 Å². The van der Waals surface area contributed by atoms with Gasteiger partial charge in [0, 0.05) is 23.8 Å². The normalized spacial score (nSPS) is 13.4. The van der Waals surface area contributed by atoms with E-state index in [1.165, 1.54) is 16.5 Å². The Kier molecular flexibility index (Phi) is 2.25. The predicted molar refractivity (Wildman–Crippen MR) is 58.2 cm³/mol. The van der Waals surface area contributed by atoms with Gasteiger partial charge in [-0.2, -0.15) is 0 Å². The van der Waals surface area contributed by atoms with Crippen LogP contribution >= 0.6 is 0 Å². The van der Waals surface area contributed by atoms with Crippen LogP contribution in [0.1, 0.15) is 18.1 Å². The molecule has 2 aromatic heterocycles. The van der Waals surface area contributed by atoms with Gasteiger partial charge in [0.25, 0.3) is 0 Å². The monoisotopic (exact) mass is 189 g/mol. The molecule has 0 radical (unpaired) electrons. The first-order valence-electron chi connectivity index (χ1n) is 4.85. The van der Waals surface area contributed by atoms with Crippen molar-refractivity contribution in [3.05, 3.63) is 29.6 Å². The third-order valence-electron chi connectivity index (χ3n) is 2.41. The summed E-state index contributed by atoms with van der Waals surface area (Å²) in [7, 11) is 0. The number of hydrogen-bond acceptors (Lipinski definition) is 2. The van der Waals surface area contributed by atoms with Crippen LogP contribution in [0.3, 0.4) is 0 Å². The summed E-state index contributed by atoms with van der Waals surface area (Å²) >= 11 is 0. The van der Waals surface area contributed by atoms with E-state index in [-0.39, 0.29) is 6.04 Å². The van der Waals surface area contributed by atoms with Crippen molar-refractivity contribution in [1.82, 2.24) is 9.97 Å². The maximum Gasteiger partial charge on any atom is 0.137 e. The van der Waals surface area contributed by atoms with Gasteiger partial charge in [0.05, 0.1) is 0 Å². The minimum Gasteiger partial charge on any atom is -0.346 e. The minimum absolute atomic E-state index is 0.189. The topological polar surface area (TPSA) is 54.7 Å². The minimum atomic E-state index is 0.189. The first-order valence-corrected chi connectivity index (χ1v) is 4.85. The summed E-state index contributed by atoms with van der Waals surface area (Å²) in [5, 5.41) is 1.23. The highest BCUT2D eigenvalue weighted by atomic mass is 14.8. The highest BCUT2D eigenvalue weighted by Crippen LogP contribution is 2.20. The Morgan fingerprint density at radius 3 is 3.07 bits per heavy atom. The number of fused-ring (bicyclic) bond motifs is 1. The maximum atomic E-state index is 5.79. The molecule has 0 aliphatic carbocycles. The number of aromatic nitrogens is 2. The lowest BCUT2D eigenvalue weighted by Gasteiger charge is -2.04. The van der Waals surface area contributed by atoms with E-state index >= 15 is 0 Å². The predicted octanol–water partition coefficient (Wildman–Crippen LogP) is 1.76. The molecule has 0 fully saturated rings. The average Bonchev–Trinajstić information content (AvgIpc) is 2.49.